The monoisotopic (exact) mass is 196 g/mol. The molecule has 13 heavy (non-hydrogen) atoms. The number of benzene rings is 1. The van der Waals surface area contributed by atoms with Crippen LogP contribution in [0.5, 0.6) is 0 Å². The van der Waals surface area contributed by atoms with Crippen molar-refractivity contribution in [2.45, 2.75) is 6.92 Å². The third-order valence-corrected chi connectivity index (χ3v) is 1.90. The van der Waals surface area contributed by atoms with Gasteiger partial charge < -0.3 is 4.84 Å². The first-order valence-corrected chi connectivity index (χ1v) is 4.30. The number of anilines is 1. The van der Waals surface area contributed by atoms with Crippen LogP contribution in [0.3, 0.4) is 0 Å². The summed E-state index contributed by atoms with van der Waals surface area (Å²) >= 11 is 5.83. The third-order valence-electron chi connectivity index (χ3n) is 1.66. The number of hydrogen-bond acceptors (Lipinski definition) is 3. The number of nitrogens with one attached hydrogen (secondary N) is 1. The van der Waals surface area contributed by atoms with Gasteiger partial charge in [-0.2, -0.15) is 0 Å². The molecule has 0 aromatic heterocycles. The summed E-state index contributed by atoms with van der Waals surface area (Å²) in [6.45, 7) is 1.87. The van der Waals surface area contributed by atoms with E-state index in [1.54, 1.807) is 11.4 Å². The van der Waals surface area contributed by atoms with Gasteiger partial charge >= 0.3 is 0 Å². The van der Waals surface area contributed by atoms with Crippen molar-refractivity contribution in [1.29, 1.82) is 0 Å². The average Bonchev–Trinajstić information content (AvgIpc) is 2.52. The zero-order chi connectivity index (χ0) is 9.26. The summed E-state index contributed by atoms with van der Waals surface area (Å²) in [5.74, 6) is 0.819. The summed E-state index contributed by atoms with van der Waals surface area (Å²) in [6.07, 6.45) is 1.78. The first-order chi connectivity index (χ1) is 6.25. The first-order valence-electron chi connectivity index (χ1n) is 3.92. The van der Waals surface area contributed by atoms with Gasteiger partial charge in [0.05, 0.1) is 6.20 Å². The highest BCUT2D eigenvalue weighted by molar-refractivity contribution is 6.30. The predicted molar refractivity (Wildman–Crippen MR) is 51.9 cm³/mol. The van der Waals surface area contributed by atoms with E-state index >= 15 is 0 Å². The highest BCUT2D eigenvalue weighted by Crippen LogP contribution is 2.21. The molecule has 0 spiro atoms. The standard InChI is InChI=1S/C9H9ClN2O/c1-7-6-11-12(13-7)9-4-2-3-8(10)5-9/h2-6,11H,1H3. The maximum atomic E-state index is 5.83. The zero-order valence-corrected chi connectivity index (χ0v) is 7.88. The van der Waals surface area contributed by atoms with E-state index in [9.17, 15) is 0 Å². The van der Waals surface area contributed by atoms with Crippen LogP contribution < -0.4 is 10.6 Å². The molecular formula is C9H9ClN2O. The molecule has 1 aromatic rings. The Hall–Kier alpha value is -1.35. The molecule has 1 aliphatic rings. The average molecular weight is 197 g/mol. The van der Waals surface area contributed by atoms with Crippen LogP contribution in [0.15, 0.2) is 36.2 Å². The molecule has 0 saturated heterocycles. The molecule has 1 N–H and O–H groups in total. The van der Waals surface area contributed by atoms with Crippen LogP contribution in [0.25, 0.3) is 0 Å². The minimum Gasteiger partial charge on any atom is -0.363 e. The number of rotatable bonds is 1. The molecule has 0 aliphatic carbocycles. The van der Waals surface area contributed by atoms with E-state index in [0.29, 0.717) is 5.02 Å². The summed E-state index contributed by atoms with van der Waals surface area (Å²) in [4.78, 5) is 5.33. The first kappa shape index (κ1) is 8.26. The molecule has 1 aromatic carbocycles. The number of hydrogen-bond donors (Lipinski definition) is 1. The Kier molecular flexibility index (Phi) is 2.02. The van der Waals surface area contributed by atoms with E-state index in [2.05, 4.69) is 5.43 Å². The number of halogens is 1. The molecule has 4 heteroatoms. The minimum absolute atomic E-state index is 0.687. The lowest BCUT2D eigenvalue weighted by Gasteiger charge is -2.17. The summed E-state index contributed by atoms with van der Waals surface area (Å²) in [5.41, 5.74) is 3.82. The fourth-order valence-corrected chi connectivity index (χ4v) is 1.26. The van der Waals surface area contributed by atoms with Gasteiger partial charge in [0.1, 0.15) is 11.4 Å². The highest BCUT2D eigenvalue weighted by atomic mass is 35.5. The lowest BCUT2D eigenvalue weighted by molar-refractivity contribution is 0.193. The Labute approximate surface area is 81.5 Å². The largest absolute Gasteiger partial charge is 0.363 e. The van der Waals surface area contributed by atoms with Gasteiger partial charge in [-0.3, -0.25) is 5.43 Å². The maximum absolute atomic E-state index is 5.83. The van der Waals surface area contributed by atoms with Gasteiger partial charge in [0.15, 0.2) is 0 Å². The maximum Gasteiger partial charge on any atom is 0.149 e. The van der Waals surface area contributed by atoms with Crippen LogP contribution in [-0.4, -0.2) is 0 Å². The van der Waals surface area contributed by atoms with Crippen molar-refractivity contribution in [3.63, 3.8) is 0 Å². The summed E-state index contributed by atoms with van der Waals surface area (Å²) < 4.78 is 0. The SMILES string of the molecule is CC1=CNN(c2cccc(Cl)c2)O1. The molecule has 0 saturated carbocycles. The van der Waals surface area contributed by atoms with E-state index in [4.69, 9.17) is 16.4 Å². The molecule has 0 radical (unpaired) electrons. The van der Waals surface area contributed by atoms with Gasteiger partial charge in [-0.1, -0.05) is 17.7 Å². The quantitative estimate of drug-likeness (QED) is 0.747. The number of hydrazine groups is 1. The molecule has 1 heterocycles. The van der Waals surface area contributed by atoms with Crippen LogP contribution in [0.4, 0.5) is 5.69 Å². The van der Waals surface area contributed by atoms with E-state index in [0.717, 1.165) is 11.4 Å². The Bertz CT molecular complexity index is 351. The minimum atomic E-state index is 0.687. The highest BCUT2D eigenvalue weighted by Gasteiger charge is 2.12. The van der Waals surface area contributed by atoms with Gasteiger partial charge in [-0.25, -0.2) is 0 Å². The molecule has 0 fully saturated rings. The second kappa shape index (κ2) is 3.18. The molecule has 2 rings (SSSR count). The van der Waals surface area contributed by atoms with Crippen molar-refractivity contribution in [3.05, 3.63) is 41.2 Å². The van der Waals surface area contributed by atoms with Crippen LogP contribution in [0.1, 0.15) is 6.92 Å². The van der Waals surface area contributed by atoms with Crippen LogP contribution >= 0.6 is 11.6 Å². The molecule has 68 valence electrons. The van der Waals surface area contributed by atoms with E-state index < -0.39 is 0 Å². The van der Waals surface area contributed by atoms with Crippen molar-refractivity contribution in [2.24, 2.45) is 0 Å². The van der Waals surface area contributed by atoms with Gasteiger partial charge in [0.2, 0.25) is 0 Å². The molecule has 0 atom stereocenters. The smallest absolute Gasteiger partial charge is 0.149 e. The van der Waals surface area contributed by atoms with Crippen LogP contribution in [0, 0.1) is 0 Å². The normalized spacial score (nSPS) is 14.9. The number of allylic oxidation sites excluding steroid dienone is 1. The van der Waals surface area contributed by atoms with E-state index in [-0.39, 0.29) is 0 Å². The number of nitrogens with zero attached hydrogens (tertiary/aromatic N) is 1. The topological polar surface area (TPSA) is 24.5 Å². The van der Waals surface area contributed by atoms with Gasteiger partial charge in [-0.15, -0.1) is 5.17 Å². The van der Waals surface area contributed by atoms with Crippen molar-refractivity contribution in [1.82, 2.24) is 5.43 Å². The van der Waals surface area contributed by atoms with E-state index in [1.807, 2.05) is 31.2 Å². The molecule has 0 bridgehead atoms. The van der Waals surface area contributed by atoms with Crippen molar-refractivity contribution in [2.75, 3.05) is 5.17 Å². The van der Waals surface area contributed by atoms with Crippen molar-refractivity contribution < 1.29 is 4.84 Å². The predicted octanol–water partition coefficient (Wildman–Crippen LogP) is 2.46. The second-order valence-corrected chi connectivity index (χ2v) is 3.19. The molecule has 3 nitrogen and oxygen atoms in total. The van der Waals surface area contributed by atoms with Gasteiger partial charge in [-0.05, 0) is 25.1 Å². The molecular weight excluding hydrogens is 188 g/mol. The Morgan fingerprint density at radius 1 is 1.46 bits per heavy atom. The molecule has 0 unspecified atom stereocenters. The summed E-state index contributed by atoms with van der Waals surface area (Å²) in [6, 6.07) is 7.42. The Morgan fingerprint density at radius 3 is 2.92 bits per heavy atom. The van der Waals surface area contributed by atoms with E-state index in [1.165, 1.54) is 0 Å². The fourth-order valence-electron chi connectivity index (χ4n) is 1.08. The molecule has 0 amide bonds. The van der Waals surface area contributed by atoms with Gasteiger partial charge in [0.25, 0.3) is 0 Å². The fraction of sp³-hybridized carbons (Fsp3) is 0.111. The summed E-state index contributed by atoms with van der Waals surface area (Å²) in [5, 5.41) is 2.24. The van der Waals surface area contributed by atoms with Crippen molar-refractivity contribution in [3.8, 4) is 0 Å². The second-order valence-electron chi connectivity index (χ2n) is 2.75. The third kappa shape index (κ3) is 1.70. The Morgan fingerprint density at radius 2 is 2.31 bits per heavy atom. The summed E-state index contributed by atoms with van der Waals surface area (Å²) in [7, 11) is 0. The Balaban J connectivity index is 2.18. The van der Waals surface area contributed by atoms with Crippen molar-refractivity contribution >= 4 is 17.3 Å². The zero-order valence-electron chi connectivity index (χ0n) is 7.12. The van der Waals surface area contributed by atoms with Gasteiger partial charge in [0, 0.05) is 5.02 Å². The van der Waals surface area contributed by atoms with Crippen LogP contribution in [0.2, 0.25) is 5.02 Å². The molecule has 1 aliphatic heterocycles. The van der Waals surface area contributed by atoms with Crippen LogP contribution in [-0.2, 0) is 4.84 Å². The lowest BCUT2D eigenvalue weighted by atomic mass is 10.3. The lowest BCUT2D eigenvalue weighted by Crippen LogP contribution is -2.27.